The van der Waals surface area contributed by atoms with Crippen molar-refractivity contribution >= 4 is 17.4 Å². The largest absolute Gasteiger partial charge is 0.359 e. The fourth-order valence-corrected chi connectivity index (χ4v) is 2.46. The Morgan fingerprint density at radius 2 is 1.89 bits per heavy atom. The van der Waals surface area contributed by atoms with Crippen molar-refractivity contribution in [3.8, 4) is 6.07 Å². The predicted octanol–water partition coefficient (Wildman–Crippen LogP) is 2.67. The van der Waals surface area contributed by atoms with Gasteiger partial charge in [0.1, 0.15) is 17.8 Å². The molecule has 0 unspecified atom stereocenters. The lowest BCUT2D eigenvalue weighted by atomic mass is 10.2. The van der Waals surface area contributed by atoms with Crippen LogP contribution in [0.4, 0.5) is 11.5 Å². The Balaban J connectivity index is 1.64. The molecule has 3 rings (SSSR count). The van der Waals surface area contributed by atoms with E-state index in [1.165, 1.54) is 11.9 Å². The molecule has 0 atom stereocenters. The number of likely N-dealkylation sites (N-methyl/N-ethyl adjacent to an activating group) is 1. The van der Waals surface area contributed by atoms with Gasteiger partial charge in [0.25, 0.3) is 5.91 Å². The zero-order valence-electron chi connectivity index (χ0n) is 14.8. The zero-order chi connectivity index (χ0) is 19.1. The van der Waals surface area contributed by atoms with E-state index in [4.69, 9.17) is 5.26 Å². The van der Waals surface area contributed by atoms with Gasteiger partial charge in [-0.3, -0.25) is 9.78 Å². The summed E-state index contributed by atoms with van der Waals surface area (Å²) in [6.45, 7) is 0.748. The van der Waals surface area contributed by atoms with Crippen LogP contribution >= 0.6 is 0 Å². The molecule has 0 fully saturated rings. The number of nitrogens with zero attached hydrogens (tertiary/aromatic N) is 5. The summed E-state index contributed by atoms with van der Waals surface area (Å²) in [5.41, 5.74) is 2.60. The number of rotatable bonds is 6. The Hall–Kier alpha value is -3.79. The lowest BCUT2D eigenvalue weighted by Crippen LogP contribution is -2.23. The number of nitriles is 1. The maximum absolute atomic E-state index is 12.4. The minimum Gasteiger partial charge on any atom is -0.359 e. The average Bonchev–Trinajstić information content (AvgIpc) is 2.73. The number of carbonyl (C=O) groups is 1. The third kappa shape index (κ3) is 4.86. The average molecular weight is 358 g/mol. The standard InChI is InChI=1S/C20H18N6O/c1-26(11-8-15-6-9-22-10-7-15)19-12-18(23-14-24-19)20(27)25-17-4-2-16(13-21)3-5-17/h2-7,9-10,12,14H,8,11H2,1H3,(H,25,27). The van der Waals surface area contributed by atoms with E-state index < -0.39 is 0 Å². The van der Waals surface area contributed by atoms with Gasteiger partial charge < -0.3 is 10.2 Å². The number of hydrogen-bond donors (Lipinski definition) is 1. The van der Waals surface area contributed by atoms with E-state index in [1.54, 1.807) is 42.7 Å². The van der Waals surface area contributed by atoms with Crippen LogP contribution in [-0.4, -0.2) is 34.5 Å². The smallest absolute Gasteiger partial charge is 0.274 e. The number of anilines is 2. The minimum atomic E-state index is -0.328. The molecule has 1 N–H and O–H groups in total. The van der Waals surface area contributed by atoms with Gasteiger partial charge in [-0.05, 0) is 48.4 Å². The molecule has 0 aliphatic heterocycles. The van der Waals surface area contributed by atoms with Gasteiger partial charge >= 0.3 is 0 Å². The van der Waals surface area contributed by atoms with Gasteiger partial charge in [-0.1, -0.05) is 0 Å². The van der Waals surface area contributed by atoms with Crippen molar-refractivity contribution in [1.29, 1.82) is 5.26 Å². The number of aromatic nitrogens is 3. The predicted molar refractivity (Wildman–Crippen MR) is 102 cm³/mol. The molecule has 2 heterocycles. The van der Waals surface area contributed by atoms with E-state index in [9.17, 15) is 4.79 Å². The second-order valence-corrected chi connectivity index (χ2v) is 5.93. The topological polar surface area (TPSA) is 94.8 Å². The number of nitrogens with one attached hydrogen (secondary N) is 1. The molecule has 2 aromatic heterocycles. The van der Waals surface area contributed by atoms with Crippen molar-refractivity contribution in [3.63, 3.8) is 0 Å². The molecule has 27 heavy (non-hydrogen) atoms. The number of hydrogen-bond acceptors (Lipinski definition) is 6. The highest BCUT2D eigenvalue weighted by molar-refractivity contribution is 6.03. The van der Waals surface area contributed by atoms with Crippen LogP contribution in [0.25, 0.3) is 0 Å². The molecule has 0 aliphatic rings. The molecule has 1 aromatic carbocycles. The highest BCUT2D eigenvalue weighted by Gasteiger charge is 2.11. The highest BCUT2D eigenvalue weighted by Crippen LogP contribution is 2.13. The molecule has 0 saturated heterocycles. The van der Waals surface area contributed by atoms with Crippen LogP contribution in [0.3, 0.4) is 0 Å². The van der Waals surface area contributed by atoms with Crippen molar-refractivity contribution < 1.29 is 4.79 Å². The Labute approximate surface area is 157 Å². The van der Waals surface area contributed by atoms with Gasteiger partial charge in [0.15, 0.2) is 0 Å². The molecule has 3 aromatic rings. The first kappa shape index (κ1) is 18.0. The van der Waals surface area contributed by atoms with Gasteiger partial charge in [0.05, 0.1) is 11.6 Å². The molecule has 0 saturated carbocycles. The molecule has 0 aliphatic carbocycles. The summed E-state index contributed by atoms with van der Waals surface area (Å²) in [6, 6.07) is 14.3. The van der Waals surface area contributed by atoms with Crippen LogP contribution in [0.2, 0.25) is 0 Å². The fourth-order valence-electron chi connectivity index (χ4n) is 2.46. The maximum Gasteiger partial charge on any atom is 0.274 e. The first-order chi connectivity index (χ1) is 13.2. The van der Waals surface area contributed by atoms with Gasteiger partial charge in [-0.25, -0.2) is 9.97 Å². The van der Waals surface area contributed by atoms with Gasteiger partial charge in [0, 0.05) is 37.7 Å². The van der Waals surface area contributed by atoms with Crippen molar-refractivity contribution in [2.45, 2.75) is 6.42 Å². The normalized spacial score (nSPS) is 10.1. The number of carbonyl (C=O) groups excluding carboxylic acids is 1. The van der Waals surface area contributed by atoms with Crippen LogP contribution in [0, 0.1) is 11.3 Å². The molecule has 7 nitrogen and oxygen atoms in total. The third-order valence-corrected chi connectivity index (χ3v) is 4.03. The zero-order valence-corrected chi connectivity index (χ0v) is 14.8. The summed E-state index contributed by atoms with van der Waals surface area (Å²) < 4.78 is 0. The monoisotopic (exact) mass is 358 g/mol. The second kappa shape index (κ2) is 8.54. The number of benzene rings is 1. The Morgan fingerprint density at radius 1 is 1.15 bits per heavy atom. The summed E-state index contributed by atoms with van der Waals surface area (Å²) >= 11 is 0. The molecular weight excluding hydrogens is 340 g/mol. The summed E-state index contributed by atoms with van der Waals surface area (Å²) in [5.74, 6) is 0.343. The van der Waals surface area contributed by atoms with E-state index in [-0.39, 0.29) is 11.6 Å². The lowest BCUT2D eigenvalue weighted by Gasteiger charge is -2.18. The van der Waals surface area contributed by atoms with Gasteiger partial charge in [-0.15, -0.1) is 0 Å². The van der Waals surface area contributed by atoms with E-state index in [0.29, 0.717) is 17.1 Å². The lowest BCUT2D eigenvalue weighted by molar-refractivity contribution is 0.102. The second-order valence-electron chi connectivity index (χ2n) is 5.93. The van der Waals surface area contributed by atoms with Crippen molar-refractivity contribution in [3.05, 3.63) is 78.0 Å². The molecule has 1 amide bonds. The first-order valence-electron chi connectivity index (χ1n) is 8.39. The molecule has 0 radical (unpaired) electrons. The Bertz CT molecular complexity index is 950. The fraction of sp³-hybridized carbons (Fsp3) is 0.150. The third-order valence-electron chi connectivity index (χ3n) is 4.03. The molecule has 134 valence electrons. The Morgan fingerprint density at radius 3 is 2.59 bits per heavy atom. The summed E-state index contributed by atoms with van der Waals surface area (Å²) in [5, 5.41) is 11.6. The van der Waals surface area contributed by atoms with Crippen LogP contribution in [0.1, 0.15) is 21.6 Å². The minimum absolute atomic E-state index is 0.278. The molecule has 0 spiro atoms. The van der Waals surface area contributed by atoms with Crippen LogP contribution in [0.15, 0.2) is 61.2 Å². The summed E-state index contributed by atoms with van der Waals surface area (Å²) in [4.78, 5) is 26.7. The number of amides is 1. The van der Waals surface area contributed by atoms with E-state index in [0.717, 1.165) is 13.0 Å². The van der Waals surface area contributed by atoms with E-state index in [2.05, 4.69) is 20.3 Å². The van der Waals surface area contributed by atoms with Gasteiger partial charge in [0.2, 0.25) is 0 Å². The Kier molecular flexibility index (Phi) is 5.70. The van der Waals surface area contributed by atoms with Crippen LogP contribution in [0.5, 0.6) is 0 Å². The molecular formula is C20H18N6O. The van der Waals surface area contributed by atoms with E-state index >= 15 is 0 Å². The first-order valence-corrected chi connectivity index (χ1v) is 8.39. The SMILES string of the molecule is CN(CCc1ccncc1)c1cc(C(=O)Nc2ccc(C#N)cc2)ncn1. The molecule has 0 bridgehead atoms. The van der Waals surface area contributed by atoms with Crippen molar-refractivity contribution in [1.82, 2.24) is 15.0 Å². The highest BCUT2D eigenvalue weighted by atomic mass is 16.1. The van der Waals surface area contributed by atoms with Gasteiger partial charge in [-0.2, -0.15) is 5.26 Å². The number of pyridine rings is 1. The van der Waals surface area contributed by atoms with Crippen molar-refractivity contribution in [2.24, 2.45) is 0 Å². The molecule has 7 heteroatoms. The van der Waals surface area contributed by atoms with Crippen LogP contribution < -0.4 is 10.2 Å². The summed E-state index contributed by atoms with van der Waals surface area (Å²) in [7, 11) is 1.92. The van der Waals surface area contributed by atoms with Crippen molar-refractivity contribution in [2.75, 3.05) is 23.8 Å². The summed E-state index contributed by atoms with van der Waals surface area (Å²) in [6.07, 6.45) is 5.76. The van der Waals surface area contributed by atoms with E-state index in [1.807, 2.05) is 30.1 Å². The van der Waals surface area contributed by atoms with Crippen LogP contribution in [-0.2, 0) is 6.42 Å². The quantitative estimate of drug-likeness (QED) is 0.728. The maximum atomic E-state index is 12.4.